The molecule has 0 aromatic heterocycles. The third-order valence-corrected chi connectivity index (χ3v) is 6.38. The summed E-state index contributed by atoms with van der Waals surface area (Å²) >= 11 is 1.33. The van der Waals surface area contributed by atoms with Crippen molar-refractivity contribution in [3.05, 3.63) is 90.0 Å². The number of nitrogen functional groups attached to an aromatic ring is 1. The van der Waals surface area contributed by atoms with Gasteiger partial charge in [0.25, 0.3) is 0 Å². The van der Waals surface area contributed by atoms with Crippen LogP contribution in [0.5, 0.6) is 5.75 Å². The molecule has 2 N–H and O–H groups in total. The Hall–Kier alpha value is -3.84. The quantitative estimate of drug-likeness (QED) is 0.241. The molecule has 1 fully saturated rings. The van der Waals surface area contributed by atoms with Gasteiger partial charge in [0.05, 0.1) is 18.0 Å². The van der Waals surface area contributed by atoms with E-state index < -0.39 is 5.25 Å². The third kappa shape index (κ3) is 4.99. The van der Waals surface area contributed by atoms with Crippen molar-refractivity contribution in [2.24, 2.45) is 0 Å². The highest BCUT2D eigenvalue weighted by atomic mass is 32.2. The molecule has 0 aliphatic carbocycles. The molecule has 3 aromatic rings. The first kappa shape index (κ1) is 22.4. The third-order valence-electron chi connectivity index (χ3n) is 5.20. The molecular formula is C26H22N2O4S. The number of imide groups is 1. The van der Waals surface area contributed by atoms with Crippen molar-refractivity contribution in [1.82, 2.24) is 0 Å². The first-order valence-electron chi connectivity index (χ1n) is 10.3. The van der Waals surface area contributed by atoms with E-state index in [0.717, 1.165) is 10.5 Å². The number of benzene rings is 3. The molecule has 4 rings (SSSR count). The summed E-state index contributed by atoms with van der Waals surface area (Å²) < 4.78 is 5.29. The molecular weight excluding hydrogens is 436 g/mol. The van der Waals surface area contributed by atoms with Crippen molar-refractivity contribution in [2.75, 3.05) is 17.7 Å². The number of nitrogens with two attached hydrogens (primary N) is 1. The van der Waals surface area contributed by atoms with Gasteiger partial charge in [-0.25, -0.2) is 4.90 Å². The minimum atomic E-state index is -0.510. The van der Waals surface area contributed by atoms with E-state index in [9.17, 15) is 14.4 Å². The number of ether oxygens (including phenoxy) is 1. The smallest absolute Gasteiger partial charge is 0.247 e. The average Bonchev–Trinajstić information content (AvgIpc) is 3.10. The second kappa shape index (κ2) is 9.75. The van der Waals surface area contributed by atoms with Crippen LogP contribution in [0, 0.1) is 0 Å². The molecule has 1 atom stereocenters. The zero-order valence-electron chi connectivity index (χ0n) is 17.9. The molecule has 1 heterocycles. The summed E-state index contributed by atoms with van der Waals surface area (Å²) in [5.74, 6) is -0.0608. The summed E-state index contributed by atoms with van der Waals surface area (Å²) in [6.07, 6.45) is 3.28. The maximum absolute atomic E-state index is 12.9. The van der Waals surface area contributed by atoms with Gasteiger partial charge in [-0.05, 0) is 60.7 Å². The predicted octanol–water partition coefficient (Wildman–Crippen LogP) is 4.60. The van der Waals surface area contributed by atoms with E-state index >= 15 is 0 Å². The van der Waals surface area contributed by atoms with Gasteiger partial charge < -0.3 is 10.5 Å². The van der Waals surface area contributed by atoms with E-state index in [2.05, 4.69) is 0 Å². The van der Waals surface area contributed by atoms with Crippen LogP contribution in [0.2, 0.25) is 0 Å². The summed E-state index contributed by atoms with van der Waals surface area (Å²) in [6.45, 7) is 0. The second-order valence-corrected chi connectivity index (χ2v) is 8.71. The highest BCUT2D eigenvalue weighted by Crippen LogP contribution is 2.34. The van der Waals surface area contributed by atoms with Crippen molar-refractivity contribution in [1.29, 1.82) is 0 Å². The Kier molecular flexibility index (Phi) is 6.60. The largest absolute Gasteiger partial charge is 0.496 e. The van der Waals surface area contributed by atoms with Crippen LogP contribution in [-0.2, 0) is 9.59 Å². The van der Waals surface area contributed by atoms with Crippen molar-refractivity contribution in [3.63, 3.8) is 0 Å². The van der Waals surface area contributed by atoms with Crippen LogP contribution in [0.4, 0.5) is 11.4 Å². The number of rotatable bonds is 7. The first-order valence-corrected chi connectivity index (χ1v) is 11.2. The Morgan fingerprint density at radius 1 is 1.06 bits per heavy atom. The van der Waals surface area contributed by atoms with Crippen LogP contribution in [0.15, 0.2) is 83.8 Å². The molecule has 0 spiro atoms. The SMILES string of the molecule is COc1ccccc1/C=C/C(=O)c1ccc(N2C(=O)CC(Sc3cccc(N)c3)C2=O)cc1. The molecule has 3 aromatic carbocycles. The van der Waals surface area contributed by atoms with Crippen molar-refractivity contribution >= 4 is 46.8 Å². The van der Waals surface area contributed by atoms with Gasteiger partial charge in [-0.1, -0.05) is 24.3 Å². The fraction of sp³-hybridized carbons (Fsp3) is 0.115. The average molecular weight is 459 g/mol. The van der Waals surface area contributed by atoms with Crippen LogP contribution in [0.1, 0.15) is 22.3 Å². The fourth-order valence-electron chi connectivity index (χ4n) is 3.56. The Balaban J connectivity index is 1.46. The van der Waals surface area contributed by atoms with Gasteiger partial charge in [0.1, 0.15) is 5.75 Å². The summed E-state index contributed by atoms with van der Waals surface area (Å²) in [5.41, 5.74) is 8.11. The zero-order chi connectivity index (χ0) is 23.4. The number of thioether (sulfide) groups is 1. The van der Waals surface area contributed by atoms with E-state index in [1.165, 1.54) is 22.7 Å². The van der Waals surface area contributed by atoms with Gasteiger partial charge >= 0.3 is 0 Å². The number of methoxy groups -OCH3 is 1. The van der Waals surface area contributed by atoms with Crippen molar-refractivity contribution in [3.8, 4) is 5.75 Å². The topological polar surface area (TPSA) is 89.7 Å². The molecule has 1 aliphatic heterocycles. The number of ketones is 1. The monoisotopic (exact) mass is 458 g/mol. The molecule has 1 aliphatic rings. The number of hydrogen-bond acceptors (Lipinski definition) is 6. The summed E-state index contributed by atoms with van der Waals surface area (Å²) in [7, 11) is 1.58. The van der Waals surface area contributed by atoms with Crippen LogP contribution < -0.4 is 15.4 Å². The number of allylic oxidation sites excluding steroid dienone is 1. The lowest BCUT2D eigenvalue weighted by Gasteiger charge is -2.15. The number of carbonyl (C=O) groups excluding carboxylic acids is 3. The zero-order valence-corrected chi connectivity index (χ0v) is 18.7. The highest BCUT2D eigenvalue weighted by Gasteiger charge is 2.40. The Bertz CT molecular complexity index is 1240. The lowest BCUT2D eigenvalue weighted by atomic mass is 10.1. The molecule has 1 saturated heterocycles. The maximum Gasteiger partial charge on any atom is 0.247 e. The van der Waals surface area contributed by atoms with Gasteiger partial charge in [-0.3, -0.25) is 14.4 Å². The molecule has 7 heteroatoms. The van der Waals surface area contributed by atoms with E-state index in [4.69, 9.17) is 10.5 Å². The lowest BCUT2D eigenvalue weighted by molar-refractivity contribution is -0.121. The number of amides is 2. The Morgan fingerprint density at radius 2 is 1.82 bits per heavy atom. The number of nitrogens with zero attached hydrogens (tertiary/aromatic N) is 1. The minimum absolute atomic E-state index is 0.112. The number of para-hydroxylation sites is 1. The van der Waals surface area contributed by atoms with E-state index in [-0.39, 0.29) is 24.0 Å². The molecule has 0 saturated carbocycles. The van der Waals surface area contributed by atoms with E-state index in [1.807, 2.05) is 36.4 Å². The first-order chi connectivity index (χ1) is 16.0. The minimum Gasteiger partial charge on any atom is -0.496 e. The fourth-order valence-corrected chi connectivity index (χ4v) is 4.68. The second-order valence-electron chi connectivity index (χ2n) is 7.44. The highest BCUT2D eigenvalue weighted by molar-refractivity contribution is 8.00. The molecule has 33 heavy (non-hydrogen) atoms. The van der Waals surface area contributed by atoms with E-state index in [1.54, 1.807) is 49.6 Å². The van der Waals surface area contributed by atoms with E-state index in [0.29, 0.717) is 22.7 Å². The van der Waals surface area contributed by atoms with Gasteiger partial charge in [0.15, 0.2) is 5.78 Å². The molecule has 2 amide bonds. The summed E-state index contributed by atoms with van der Waals surface area (Å²) in [6, 6.07) is 21.1. The summed E-state index contributed by atoms with van der Waals surface area (Å²) in [5, 5.41) is -0.510. The molecule has 0 radical (unpaired) electrons. The molecule has 1 unspecified atom stereocenters. The van der Waals surface area contributed by atoms with Gasteiger partial charge in [-0.2, -0.15) is 0 Å². The van der Waals surface area contributed by atoms with Gasteiger partial charge in [-0.15, -0.1) is 11.8 Å². The predicted molar refractivity (Wildman–Crippen MR) is 130 cm³/mol. The van der Waals surface area contributed by atoms with Gasteiger partial charge in [0, 0.05) is 28.1 Å². The van der Waals surface area contributed by atoms with Gasteiger partial charge in [0.2, 0.25) is 11.8 Å². The van der Waals surface area contributed by atoms with Crippen LogP contribution in [0.25, 0.3) is 6.08 Å². The van der Waals surface area contributed by atoms with Crippen molar-refractivity contribution < 1.29 is 19.1 Å². The maximum atomic E-state index is 12.9. The molecule has 166 valence electrons. The van der Waals surface area contributed by atoms with Crippen molar-refractivity contribution in [2.45, 2.75) is 16.6 Å². The number of hydrogen-bond donors (Lipinski definition) is 1. The Labute approximate surface area is 196 Å². The number of anilines is 2. The Morgan fingerprint density at radius 3 is 2.55 bits per heavy atom. The van der Waals surface area contributed by atoms with Crippen LogP contribution >= 0.6 is 11.8 Å². The van der Waals surface area contributed by atoms with Crippen LogP contribution in [0.3, 0.4) is 0 Å². The molecule has 0 bridgehead atoms. The standard InChI is InChI=1S/C26H22N2O4S/c1-32-23-8-3-2-5-18(23)11-14-22(29)17-9-12-20(13-10-17)28-25(30)16-24(26(28)31)33-21-7-4-6-19(27)15-21/h2-15,24H,16,27H2,1H3/b14-11+. The van der Waals surface area contributed by atoms with Crippen LogP contribution in [-0.4, -0.2) is 30.0 Å². The lowest BCUT2D eigenvalue weighted by Crippen LogP contribution is -2.31. The number of carbonyl (C=O) groups is 3. The normalized spacial score (nSPS) is 15.9. The summed E-state index contributed by atoms with van der Waals surface area (Å²) in [4.78, 5) is 40.1. The molecule has 6 nitrogen and oxygen atoms in total.